The van der Waals surface area contributed by atoms with Gasteiger partial charge in [-0.3, -0.25) is 14.4 Å². The molecule has 6 nitrogen and oxygen atoms in total. The van der Waals surface area contributed by atoms with Crippen molar-refractivity contribution in [1.82, 2.24) is 0 Å². The average Bonchev–Trinajstić information content (AvgIpc) is 3.38. The van der Waals surface area contributed by atoms with Crippen LogP contribution in [0.5, 0.6) is 0 Å². The normalized spacial score (nSPS) is 12.9. The van der Waals surface area contributed by atoms with Crippen LogP contribution in [0.2, 0.25) is 0 Å². The van der Waals surface area contributed by atoms with Gasteiger partial charge in [0.1, 0.15) is 13.2 Å². The lowest BCUT2D eigenvalue weighted by Crippen LogP contribution is -2.30. The van der Waals surface area contributed by atoms with E-state index in [1.165, 1.54) is 154 Å². The summed E-state index contributed by atoms with van der Waals surface area (Å²) in [5, 5.41) is 0. The predicted octanol–water partition coefficient (Wildman–Crippen LogP) is 20.3. The second-order valence-corrected chi connectivity index (χ2v) is 19.6. The molecule has 0 bridgehead atoms. The molecule has 0 rings (SSSR count). The number of rotatable bonds is 53. The van der Waals surface area contributed by atoms with Gasteiger partial charge in [0.05, 0.1) is 0 Å². The van der Waals surface area contributed by atoms with E-state index >= 15 is 0 Å². The van der Waals surface area contributed by atoms with E-state index in [1.807, 2.05) is 6.08 Å². The number of ether oxygens (including phenoxy) is 3. The highest BCUT2D eigenvalue weighted by molar-refractivity contribution is 5.71. The molecule has 0 spiro atoms. The molecule has 1 atom stereocenters. The molecule has 0 aliphatic rings. The fraction of sp³-hybridized carbons (Fsp3) is 0.682. The van der Waals surface area contributed by atoms with Crippen molar-refractivity contribution < 1.29 is 28.6 Å². The summed E-state index contributed by atoms with van der Waals surface area (Å²) in [4.78, 5) is 38.2. The van der Waals surface area contributed by atoms with Crippen LogP contribution in [0.4, 0.5) is 0 Å². The number of carbonyl (C=O) groups excluding carboxylic acids is 3. The van der Waals surface area contributed by atoms with Crippen molar-refractivity contribution in [2.75, 3.05) is 13.2 Å². The third-order valence-electron chi connectivity index (χ3n) is 12.5. The van der Waals surface area contributed by atoms with Gasteiger partial charge in [-0.25, -0.2) is 0 Å². The van der Waals surface area contributed by atoms with E-state index < -0.39 is 6.10 Å². The zero-order chi connectivity index (χ0) is 52.2. The molecule has 0 heterocycles. The highest BCUT2D eigenvalue weighted by Crippen LogP contribution is 2.15. The Morgan fingerprint density at radius 1 is 0.306 bits per heavy atom. The molecule has 0 aromatic heterocycles. The van der Waals surface area contributed by atoms with E-state index in [-0.39, 0.29) is 37.5 Å². The van der Waals surface area contributed by atoms with Crippen LogP contribution in [0.25, 0.3) is 0 Å². The monoisotopic (exact) mass is 999 g/mol. The fourth-order valence-electron chi connectivity index (χ4n) is 8.06. The topological polar surface area (TPSA) is 78.9 Å². The van der Waals surface area contributed by atoms with Crippen LogP contribution in [-0.4, -0.2) is 37.2 Å². The quantitative estimate of drug-likeness (QED) is 0.0199. The third-order valence-corrected chi connectivity index (χ3v) is 12.5. The lowest BCUT2D eigenvalue weighted by molar-refractivity contribution is -0.166. The van der Waals surface area contributed by atoms with Crippen LogP contribution >= 0.6 is 0 Å². The largest absolute Gasteiger partial charge is 0.462 e. The smallest absolute Gasteiger partial charge is 0.306 e. The Morgan fingerprint density at radius 3 is 0.986 bits per heavy atom. The lowest BCUT2D eigenvalue weighted by atomic mass is 10.1. The maximum Gasteiger partial charge on any atom is 0.306 e. The van der Waals surface area contributed by atoms with Crippen molar-refractivity contribution in [3.63, 3.8) is 0 Å². The SMILES string of the molecule is CC/C=C\C/C=C\C/C=C\C/C=C\C/C=C\CCC(=O)OCC(COC(=O)CCCCCCCCCCCC/C=C\C=C/CCCCC)OC(=O)CCCCCCCCCCCC/C=C\C=C/CCCCC. The standard InChI is InChI=1S/C66H110O6/c1-4-7-10-13-16-19-22-25-28-31-33-35-38-41-44-47-50-53-56-59-65(68)71-62-63(61-70-64(67)58-55-52-49-46-43-40-37-30-27-24-21-18-15-12-9-6-3)72-66(69)60-57-54-51-48-45-42-39-36-34-32-29-26-23-20-17-14-11-8-5-2/h9,12,16-23,25-27,30,40,43,49,52,63H,4-8,10-11,13-15,24,28-29,31-39,41-42,44-48,50-51,53-62H2,1-3H3/b12-9-,19-16-,20-17-,21-18-,25-22-,26-23-,30-27-,43-40-,52-49-. The summed E-state index contributed by atoms with van der Waals surface area (Å²) in [6.45, 7) is 6.41. The number of hydrogen-bond acceptors (Lipinski definition) is 6. The van der Waals surface area contributed by atoms with Crippen LogP contribution in [0.1, 0.15) is 271 Å². The first-order chi connectivity index (χ1) is 35.5. The molecule has 0 fully saturated rings. The van der Waals surface area contributed by atoms with E-state index in [2.05, 4.69) is 124 Å². The van der Waals surface area contributed by atoms with E-state index in [4.69, 9.17) is 14.2 Å². The summed E-state index contributed by atoms with van der Waals surface area (Å²) in [6.07, 6.45) is 80.9. The fourth-order valence-corrected chi connectivity index (χ4v) is 8.06. The molecule has 6 heteroatoms. The Hall–Kier alpha value is -3.93. The number of unbranched alkanes of at least 4 members (excludes halogenated alkanes) is 26. The van der Waals surface area contributed by atoms with Crippen LogP contribution in [0, 0.1) is 0 Å². The van der Waals surface area contributed by atoms with E-state index in [1.54, 1.807) is 0 Å². The number of carbonyl (C=O) groups is 3. The van der Waals surface area contributed by atoms with Crippen LogP contribution in [0.3, 0.4) is 0 Å². The average molecular weight is 1000 g/mol. The van der Waals surface area contributed by atoms with Gasteiger partial charge in [-0.2, -0.15) is 0 Å². The van der Waals surface area contributed by atoms with E-state index in [0.717, 1.165) is 70.6 Å². The Morgan fingerprint density at radius 2 is 0.611 bits per heavy atom. The van der Waals surface area contributed by atoms with Crippen molar-refractivity contribution in [3.8, 4) is 0 Å². The van der Waals surface area contributed by atoms with Gasteiger partial charge in [-0.1, -0.05) is 259 Å². The minimum Gasteiger partial charge on any atom is -0.462 e. The van der Waals surface area contributed by atoms with Gasteiger partial charge in [0.2, 0.25) is 0 Å². The molecule has 0 aromatic rings. The molecule has 72 heavy (non-hydrogen) atoms. The van der Waals surface area contributed by atoms with E-state index in [0.29, 0.717) is 19.3 Å². The number of esters is 3. The number of allylic oxidation sites excluding steroid dienone is 18. The summed E-state index contributed by atoms with van der Waals surface area (Å²) in [5.74, 6) is -0.995. The van der Waals surface area contributed by atoms with Crippen molar-refractivity contribution in [2.45, 2.75) is 277 Å². The van der Waals surface area contributed by atoms with Gasteiger partial charge in [0.25, 0.3) is 0 Å². The summed E-state index contributed by atoms with van der Waals surface area (Å²) in [5.41, 5.74) is 0. The molecule has 0 aromatic carbocycles. The first-order valence-electron chi connectivity index (χ1n) is 29.9. The van der Waals surface area contributed by atoms with Crippen molar-refractivity contribution in [3.05, 3.63) is 109 Å². The van der Waals surface area contributed by atoms with Gasteiger partial charge in [0, 0.05) is 19.3 Å². The molecule has 0 amide bonds. The Balaban J connectivity index is 4.47. The molecule has 0 aliphatic carbocycles. The molecule has 0 saturated heterocycles. The molecule has 410 valence electrons. The Labute approximate surface area is 444 Å². The maximum atomic E-state index is 12.9. The summed E-state index contributed by atoms with van der Waals surface area (Å²) in [7, 11) is 0. The molecular formula is C66H110O6. The Kier molecular flexibility index (Phi) is 56.4. The first-order valence-corrected chi connectivity index (χ1v) is 29.9. The molecule has 0 aliphatic heterocycles. The molecular weight excluding hydrogens is 889 g/mol. The maximum absolute atomic E-state index is 12.9. The van der Waals surface area contributed by atoms with Crippen molar-refractivity contribution in [1.29, 1.82) is 0 Å². The zero-order valence-corrected chi connectivity index (χ0v) is 46.9. The van der Waals surface area contributed by atoms with Gasteiger partial charge in [-0.05, 0) is 103 Å². The lowest BCUT2D eigenvalue weighted by Gasteiger charge is -2.18. The van der Waals surface area contributed by atoms with Crippen LogP contribution in [-0.2, 0) is 28.6 Å². The molecule has 0 N–H and O–H groups in total. The highest BCUT2D eigenvalue weighted by atomic mass is 16.6. The van der Waals surface area contributed by atoms with Crippen LogP contribution < -0.4 is 0 Å². The van der Waals surface area contributed by atoms with Gasteiger partial charge in [-0.15, -0.1) is 0 Å². The van der Waals surface area contributed by atoms with Gasteiger partial charge >= 0.3 is 17.9 Å². The first kappa shape index (κ1) is 68.1. The van der Waals surface area contributed by atoms with Gasteiger partial charge in [0.15, 0.2) is 6.10 Å². The van der Waals surface area contributed by atoms with Gasteiger partial charge < -0.3 is 14.2 Å². The summed E-state index contributed by atoms with van der Waals surface area (Å²) < 4.78 is 16.8. The van der Waals surface area contributed by atoms with Crippen molar-refractivity contribution in [2.24, 2.45) is 0 Å². The molecule has 0 radical (unpaired) electrons. The van der Waals surface area contributed by atoms with Crippen molar-refractivity contribution >= 4 is 17.9 Å². The zero-order valence-electron chi connectivity index (χ0n) is 46.9. The van der Waals surface area contributed by atoms with E-state index in [9.17, 15) is 14.4 Å². The van der Waals surface area contributed by atoms with Crippen LogP contribution in [0.15, 0.2) is 109 Å². The second kappa shape index (κ2) is 59.6. The number of hydrogen-bond donors (Lipinski definition) is 0. The summed E-state index contributed by atoms with van der Waals surface area (Å²) >= 11 is 0. The minimum absolute atomic E-state index is 0.105. The Bertz CT molecular complexity index is 1470. The summed E-state index contributed by atoms with van der Waals surface area (Å²) in [6, 6.07) is 0. The third kappa shape index (κ3) is 57.0. The minimum atomic E-state index is -0.814. The predicted molar refractivity (Wildman–Crippen MR) is 311 cm³/mol. The second-order valence-electron chi connectivity index (χ2n) is 19.6. The molecule has 1 unspecified atom stereocenters. The highest BCUT2D eigenvalue weighted by Gasteiger charge is 2.19. The molecule has 0 saturated carbocycles.